The molecule has 0 atom stereocenters. The number of hydrogen-bond acceptors (Lipinski definition) is 3. The molecule has 0 bridgehead atoms. The molecule has 1 saturated heterocycles. The highest BCUT2D eigenvalue weighted by Gasteiger charge is 2.27. The first kappa shape index (κ1) is 17.1. The van der Waals surface area contributed by atoms with Crippen LogP contribution in [0.3, 0.4) is 0 Å². The van der Waals surface area contributed by atoms with Crippen LogP contribution in [0.5, 0.6) is 0 Å². The third kappa shape index (κ3) is 3.65. The van der Waals surface area contributed by atoms with E-state index in [1.54, 1.807) is 17.0 Å². The standard InChI is InChI=1S/C21H21N3O3/c25-20(18-8-4-10-24(18)16-17-6-2-1-3-7-17)22-11-13-23(14-12-22)21(26)19-9-5-15-27-19/h1-10,15H,11-14,16H2. The lowest BCUT2D eigenvalue weighted by atomic mass is 10.2. The third-order valence-electron chi connectivity index (χ3n) is 4.83. The highest BCUT2D eigenvalue weighted by atomic mass is 16.3. The molecule has 1 aromatic carbocycles. The van der Waals surface area contributed by atoms with Gasteiger partial charge in [0.25, 0.3) is 11.8 Å². The fourth-order valence-corrected chi connectivity index (χ4v) is 3.36. The third-order valence-corrected chi connectivity index (χ3v) is 4.83. The molecule has 6 heteroatoms. The van der Waals surface area contributed by atoms with Crippen LogP contribution in [0, 0.1) is 0 Å². The highest BCUT2D eigenvalue weighted by Crippen LogP contribution is 2.14. The smallest absolute Gasteiger partial charge is 0.289 e. The van der Waals surface area contributed by atoms with E-state index in [0.717, 1.165) is 5.56 Å². The van der Waals surface area contributed by atoms with Crippen molar-refractivity contribution in [3.8, 4) is 0 Å². The van der Waals surface area contributed by atoms with E-state index in [1.165, 1.54) is 6.26 Å². The van der Waals surface area contributed by atoms with Gasteiger partial charge in [0.15, 0.2) is 5.76 Å². The van der Waals surface area contributed by atoms with Crippen molar-refractivity contribution in [2.24, 2.45) is 0 Å². The van der Waals surface area contributed by atoms with Gasteiger partial charge in [-0.25, -0.2) is 0 Å². The Bertz CT molecular complexity index is 907. The van der Waals surface area contributed by atoms with Crippen molar-refractivity contribution in [3.05, 3.63) is 84.1 Å². The average Bonchev–Trinajstić information content (AvgIpc) is 3.40. The molecule has 6 nitrogen and oxygen atoms in total. The summed E-state index contributed by atoms with van der Waals surface area (Å²) in [5.74, 6) is 0.215. The summed E-state index contributed by atoms with van der Waals surface area (Å²) in [7, 11) is 0. The van der Waals surface area contributed by atoms with E-state index in [0.29, 0.717) is 44.2 Å². The van der Waals surface area contributed by atoms with Crippen molar-refractivity contribution in [1.82, 2.24) is 14.4 Å². The Balaban J connectivity index is 1.40. The minimum atomic E-state index is -0.125. The zero-order valence-corrected chi connectivity index (χ0v) is 15.0. The molecule has 4 rings (SSSR count). The van der Waals surface area contributed by atoms with Crippen LogP contribution in [0.2, 0.25) is 0 Å². The Morgan fingerprint density at radius 2 is 1.52 bits per heavy atom. The molecule has 27 heavy (non-hydrogen) atoms. The number of rotatable bonds is 4. The fraction of sp³-hybridized carbons (Fsp3) is 0.238. The van der Waals surface area contributed by atoms with Gasteiger partial charge in [0.2, 0.25) is 0 Å². The van der Waals surface area contributed by atoms with Gasteiger partial charge in [0.05, 0.1) is 6.26 Å². The lowest BCUT2D eigenvalue weighted by molar-refractivity contribution is 0.0513. The summed E-state index contributed by atoms with van der Waals surface area (Å²) in [6, 6.07) is 17.2. The van der Waals surface area contributed by atoms with E-state index in [-0.39, 0.29) is 11.8 Å². The largest absolute Gasteiger partial charge is 0.459 e. The molecule has 0 unspecified atom stereocenters. The van der Waals surface area contributed by atoms with Crippen molar-refractivity contribution < 1.29 is 14.0 Å². The normalized spacial score (nSPS) is 14.4. The topological polar surface area (TPSA) is 58.7 Å². The Morgan fingerprint density at radius 3 is 2.19 bits per heavy atom. The Morgan fingerprint density at radius 1 is 0.815 bits per heavy atom. The first-order valence-corrected chi connectivity index (χ1v) is 9.03. The molecule has 1 aliphatic rings. The van der Waals surface area contributed by atoms with Gasteiger partial charge < -0.3 is 18.8 Å². The lowest BCUT2D eigenvalue weighted by Crippen LogP contribution is -2.50. The molecule has 0 N–H and O–H groups in total. The maximum atomic E-state index is 13.0. The van der Waals surface area contributed by atoms with Crippen LogP contribution in [0.4, 0.5) is 0 Å². The summed E-state index contributed by atoms with van der Waals surface area (Å²) < 4.78 is 7.15. The summed E-state index contributed by atoms with van der Waals surface area (Å²) in [4.78, 5) is 28.8. The van der Waals surface area contributed by atoms with Crippen LogP contribution in [-0.2, 0) is 6.54 Å². The molecule has 138 valence electrons. The van der Waals surface area contributed by atoms with E-state index in [2.05, 4.69) is 0 Å². The van der Waals surface area contributed by atoms with Gasteiger partial charge in [0, 0.05) is 38.9 Å². The number of nitrogens with zero attached hydrogens (tertiary/aromatic N) is 3. The van der Waals surface area contributed by atoms with E-state index in [1.807, 2.05) is 58.1 Å². The number of carbonyl (C=O) groups is 2. The molecule has 0 radical (unpaired) electrons. The monoisotopic (exact) mass is 363 g/mol. The quantitative estimate of drug-likeness (QED) is 0.716. The minimum Gasteiger partial charge on any atom is -0.459 e. The maximum Gasteiger partial charge on any atom is 0.289 e. The Labute approximate surface area is 157 Å². The number of hydrogen-bond donors (Lipinski definition) is 0. The zero-order chi connectivity index (χ0) is 18.6. The van der Waals surface area contributed by atoms with Crippen LogP contribution in [0.1, 0.15) is 26.6 Å². The number of carbonyl (C=O) groups excluding carboxylic acids is 2. The molecule has 2 amide bonds. The first-order chi connectivity index (χ1) is 13.2. The SMILES string of the molecule is O=C(c1ccco1)N1CCN(C(=O)c2cccn2Cc2ccccc2)CC1. The molecule has 0 spiro atoms. The molecular weight excluding hydrogens is 342 g/mol. The van der Waals surface area contributed by atoms with E-state index in [4.69, 9.17) is 4.42 Å². The number of aromatic nitrogens is 1. The van der Waals surface area contributed by atoms with Gasteiger partial charge in [-0.15, -0.1) is 0 Å². The lowest BCUT2D eigenvalue weighted by Gasteiger charge is -2.34. The summed E-state index contributed by atoms with van der Waals surface area (Å²) >= 11 is 0. The first-order valence-electron chi connectivity index (χ1n) is 9.03. The van der Waals surface area contributed by atoms with Gasteiger partial charge in [-0.05, 0) is 29.8 Å². The van der Waals surface area contributed by atoms with Crippen LogP contribution < -0.4 is 0 Å². The number of benzene rings is 1. The van der Waals surface area contributed by atoms with Crippen molar-refractivity contribution >= 4 is 11.8 Å². The second-order valence-corrected chi connectivity index (χ2v) is 6.57. The van der Waals surface area contributed by atoms with Crippen LogP contribution in [0.15, 0.2) is 71.5 Å². The van der Waals surface area contributed by atoms with Gasteiger partial charge in [0.1, 0.15) is 5.69 Å². The number of furan rings is 1. The van der Waals surface area contributed by atoms with Crippen LogP contribution in [0.25, 0.3) is 0 Å². The van der Waals surface area contributed by atoms with Crippen LogP contribution in [-0.4, -0.2) is 52.4 Å². The van der Waals surface area contributed by atoms with Gasteiger partial charge >= 0.3 is 0 Å². The van der Waals surface area contributed by atoms with E-state index >= 15 is 0 Å². The molecule has 1 fully saturated rings. The molecular formula is C21H21N3O3. The van der Waals surface area contributed by atoms with Crippen molar-refractivity contribution in [3.63, 3.8) is 0 Å². The summed E-state index contributed by atoms with van der Waals surface area (Å²) in [5.41, 5.74) is 1.82. The Hall–Kier alpha value is -3.28. The number of piperazine rings is 1. The summed E-state index contributed by atoms with van der Waals surface area (Å²) in [6.45, 7) is 2.70. The molecule has 1 aliphatic heterocycles. The van der Waals surface area contributed by atoms with Gasteiger partial charge in [-0.2, -0.15) is 0 Å². The molecule has 0 saturated carbocycles. The van der Waals surface area contributed by atoms with Gasteiger partial charge in [-0.3, -0.25) is 9.59 Å². The maximum absolute atomic E-state index is 13.0. The highest BCUT2D eigenvalue weighted by molar-refractivity contribution is 5.94. The van der Waals surface area contributed by atoms with E-state index < -0.39 is 0 Å². The molecule has 0 aliphatic carbocycles. The molecule has 3 heterocycles. The zero-order valence-electron chi connectivity index (χ0n) is 15.0. The fourth-order valence-electron chi connectivity index (χ4n) is 3.36. The predicted molar refractivity (Wildman–Crippen MR) is 100 cm³/mol. The van der Waals surface area contributed by atoms with Crippen molar-refractivity contribution in [2.45, 2.75) is 6.54 Å². The second kappa shape index (κ2) is 7.53. The summed E-state index contributed by atoms with van der Waals surface area (Å²) in [5, 5.41) is 0. The average molecular weight is 363 g/mol. The summed E-state index contributed by atoms with van der Waals surface area (Å²) in [6.07, 6.45) is 3.42. The predicted octanol–water partition coefficient (Wildman–Crippen LogP) is 2.73. The molecule has 3 aromatic rings. The van der Waals surface area contributed by atoms with Crippen molar-refractivity contribution in [1.29, 1.82) is 0 Å². The van der Waals surface area contributed by atoms with Crippen LogP contribution >= 0.6 is 0 Å². The van der Waals surface area contributed by atoms with E-state index in [9.17, 15) is 9.59 Å². The van der Waals surface area contributed by atoms with Crippen molar-refractivity contribution in [2.75, 3.05) is 26.2 Å². The minimum absolute atomic E-state index is 0.000953. The molecule has 2 aromatic heterocycles. The van der Waals surface area contributed by atoms with Gasteiger partial charge in [-0.1, -0.05) is 30.3 Å². The Kier molecular flexibility index (Phi) is 4.78. The number of amides is 2. The second-order valence-electron chi connectivity index (χ2n) is 6.57.